The summed E-state index contributed by atoms with van der Waals surface area (Å²) in [5, 5.41) is 6.26. The Morgan fingerprint density at radius 2 is 2.33 bits per heavy atom. The molecule has 2 aliphatic rings. The second-order valence-corrected chi connectivity index (χ2v) is 4.48. The zero-order chi connectivity index (χ0) is 10.5. The van der Waals surface area contributed by atoms with E-state index in [1.54, 1.807) is 0 Å². The van der Waals surface area contributed by atoms with Crippen LogP contribution in [0.1, 0.15) is 25.7 Å². The average Bonchev–Trinajstić information content (AvgIpc) is 2.80. The zero-order valence-corrected chi connectivity index (χ0v) is 9.13. The molecule has 0 radical (unpaired) electrons. The molecule has 0 aromatic carbocycles. The van der Waals surface area contributed by atoms with E-state index >= 15 is 0 Å². The Labute approximate surface area is 90.8 Å². The van der Waals surface area contributed by atoms with Gasteiger partial charge in [-0.15, -0.1) is 0 Å². The van der Waals surface area contributed by atoms with Crippen LogP contribution in [0.4, 0.5) is 0 Å². The predicted molar refractivity (Wildman–Crippen MR) is 57.6 cm³/mol. The Bertz CT molecular complexity index is 209. The standard InChI is InChI=1S/C11H20N2O2/c14-11(10-3-1-2-5-12-10)13-7-9-4-6-15-8-9/h9-10,12H,1-8H2,(H,13,14)/t9?,10-/m1/s1. The fourth-order valence-corrected chi connectivity index (χ4v) is 2.19. The Kier molecular flexibility index (Phi) is 3.97. The van der Waals surface area contributed by atoms with Gasteiger partial charge in [-0.1, -0.05) is 6.42 Å². The van der Waals surface area contributed by atoms with Gasteiger partial charge in [0.15, 0.2) is 0 Å². The molecule has 2 saturated heterocycles. The maximum atomic E-state index is 11.7. The fourth-order valence-electron chi connectivity index (χ4n) is 2.19. The monoisotopic (exact) mass is 212 g/mol. The third-order valence-electron chi connectivity index (χ3n) is 3.22. The molecule has 4 nitrogen and oxygen atoms in total. The molecule has 0 saturated carbocycles. The van der Waals surface area contributed by atoms with Crippen molar-refractivity contribution in [1.29, 1.82) is 0 Å². The fraction of sp³-hybridized carbons (Fsp3) is 0.909. The zero-order valence-electron chi connectivity index (χ0n) is 9.13. The lowest BCUT2D eigenvalue weighted by atomic mass is 10.0. The van der Waals surface area contributed by atoms with Gasteiger partial charge in [0.1, 0.15) is 0 Å². The summed E-state index contributed by atoms with van der Waals surface area (Å²) in [6, 6.07) is 0.0427. The Morgan fingerprint density at radius 3 is 3.00 bits per heavy atom. The summed E-state index contributed by atoms with van der Waals surface area (Å²) in [5.74, 6) is 0.694. The van der Waals surface area contributed by atoms with E-state index in [1.807, 2.05) is 0 Å². The summed E-state index contributed by atoms with van der Waals surface area (Å²) >= 11 is 0. The minimum Gasteiger partial charge on any atom is -0.381 e. The van der Waals surface area contributed by atoms with Crippen molar-refractivity contribution in [3.63, 3.8) is 0 Å². The molecule has 0 aliphatic carbocycles. The first-order chi connectivity index (χ1) is 7.36. The molecule has 1 amide bonds. The van der Waals surface area contributed by atoms with Crippen molar-refractivity contribution in [3.05, 3.63) is 0 Å². The van der Waals surface area contributed by atoms with Gasteiger partial charge in [-0.05, 0) is 25.8 Å². The summed E-state index contributed by atoms with van der Waals surface area (Å²) in [7, 11) is 0. The highest BCUT2D eigenvalue weighted by Crippen LogP contribution is 2.11. The molecule has 0 aromatic heterocycles. The maximum absolute atomic E-state index is 11.7. The van der Waals surface area contributed by atoms with Gasteiger partial charge in [-0.2, -0.15) is 0 Å². The van der Waals surface area contributed by atoms with E-state index in [0.717, 1.165) is 45.6 Å². The van der Waals surface area contributed by atoms with Crippen LogP contribution in [0.25, 0.3) is 0 Å². The number of hydrogen-bond donors (Lipinski definition) is 2. The summed E-state index contributed by atoms with van der Waals surface area (Å²) in [6.07, 6.45) is 4.42. The van der Waals surface area contributed by atoms with Crippen LogP contribution in [-0.4, -0.2) is 38.3 Å². The van der Waals surface area contributed by atoms with E-state index in [9.17, 15) is 4.79 Å². The lowest BCUT2D eigenvalue weighted by Gasteiger charge is -2.23. The van der Waals surface area contributed by atoms with Crippen molar-refractivity contribution in [2.45, 2.75) is 31.7 Å². The molecule has 2 fully saturated rings. The second-order valence-electron chi connectivity index (χ2n) is 4.48. The number of piperidine rings is 1. The van der Waals surface area contributed by atoms with E-state index in [0.29, 0.717) is 5.92 Å². The van der Waals surface area contributed by atoms with Crippen molar-refractivity contribution in [1.82, 2.24) is 10.6 Å². The van der Waals surface area contributed by atoms with E-state index < -0.39 is 0 Å². The van der Waals surface area contributed by atoms with Crippen LogP contribution in [0.3, 0.4) is 0 Å². The van der Waals surface area contributed by atoms with Crippen molar-refractivity contribution in [2.75, 3.05) is 26.3 Å². The van der Waals surface area contributed by atoms with Gasteiger partial charge < -0.3 is 15.4 Å². The van der Waals surface area contributed by atoms with Crippen LogP contribution in [0.2, 0.25) is 0 Å². The maximum Gasteiger partial charge on any atom is 0.237 e. The quantitative estimate of drug-likeness (QED) is 0.706. The lowest BCUT2D eigenvalue weighted by Crippen LogP contribution is -2.47. The van der Waals surface area contributed by atoms with Crippen molar-refractivity contribution in [3.8, 4) is 0 Å². The van der Waals surface area contributed by atoms with Gasteiger partial charge in [0.05, 0.1) is 12.6 Å². The molecule has 2 rings (SSSR count). The third kappa shape index (κ3) is 3.18. The Hall–Kier alpha value is -0.610. The molecule has 2 aliphatic heterocycles. The summed E-state index contributed by atoms with van der Waals surface area (Å²) in [5.41, 5.74) is 0. The number of ether oxygens (including phenoxy) is 1. The molecule has 1 unspecified atom stereocenters. The van der Waals surface area contributed by atoms with Crippen LogP contribution in [0.15, 0.2) is 0 Å². The first-order valence-corrected chi connectivity index (χ1v) is 5.95. The minimum absolute atomic E-state index is 0.0427. The van der Waals surface area contributed by atoms with Gasteiger partial charge in [-0.3, -0.25) is 4.79 Å². The van der Waals surface area contributed by atoms with Crippen LogP contribution < -0.4 is 10.6 Å². The van der Waals surface area contributed by atoms with Crippen LogP contribution in [-0.2, 0) is 9.53 Å². The topological polar surface area (TPSA) is 50.4 Å². The number of carbonyl (C=O) groups excluding carboxylic acids is 1. The highest BCUT2D eigenvalue weighted by Gasteiger charge is 2.22. The molecule has 2 atom stereocenters. The van der Waals surface area contributed by atoms with Gasteiger partial charge in [0.2, 0.25) is 5.91 Å². The Morgan fingerprint density at radius 1 is 1.40 bits per heavy atom. The van der Waals surface area contributed by atoms with Crippen molar-refractivity contribution < 1.29 is 9.53 Å². The first-order valence-electron chi connectivity index (χ1n) is 5.95. The third-order valence-corrected chi connectivity index (χ3v) is 3.22. The average molecular weight is 212 g/mol. The summed E-state index contributed by atoms with van der Waals surface area (Å²) < 4.78 is 5.27. The van der Waals surface area contributed by atoms with E-state index in [1.165, 1.54) is 6.42 Å². The number of carbonyl (C=O) groups is 1. The molecule has 0 aromatic rings. The van der Waals surface area contributed by atoms with Gasteiger partial charge in [0.25, 0.3) is 0 Å². The van der Waals surface area contributed by atoms with Crippen molar-refractivity contribution >= 4 is 5.91 Å². The smallest absolute Gasteiger partial charge is 0.237 e. The predicted octanol–water partition coefficient (Wildman–Crippen LogP) is 0.281. The van der Waals surface area contributed by atoms with Gasteiger partial charge >= 0.3 is 0 Å². The molecule has 86 valence electrons. The molecule has 2 N–H and O–H groups in total. The van der Waals surface area contributed by atoms with E-state index in [2.05, 4.69) is 10.6 Å². The van der Waals surface area contributed by atoms with Crippen LogP contribution >= 0.6 is 0 Å². The number of nitrogens with one attached hydrogen (secondary N) is 2. The highest BCUT2D eigenvalue weighted by atomic mass is 16.5. The lowest BCUT2D eigenvalue weighted by molar-refractivity contribution is -0.123. The molecule has 4 heteroatoms. The summed E-state index contributed by atoms with van der Waals surface area (Å²) in [6.45, 7) is 3.40. The second kappa shape index (κ2) is 5.47. The molecule has 0 spiro atoms. The van der Waals surface area contributed by atoms with Crippen molar-refractivity contribution in [2.24, 2.45) is 5.92 Å². The van der Waals surface area contributed by atoms with Gasteiger partial charge in [0, 0.05) is 19.1 Å². The SMILES string of the molecule is O=C(NCC1CCOC1)[C@H]1CCCCN1. The first kappa shape index (κ1) is 10.9. The molecule has 2 heterocycles. The molecular formula is C11H20N2O2. The summed E-state index contributed by atoms with van der Waals surface area (Å²) in [4.78, 5) is 11.7. The molecule has 0 bridgehead atoms. The molecular weight excluding hydrogens is 192 g/mol. The number of amides is 1. The van der Waals surface area contributed by atoms with Gasteiger partial charge in [-0.25, -0.2) is 0 Å². The highest BCUT2D eigenvalue weighted by molar-refractivity contribution is 5.81. The number of hydrogen-bond acceptors (Lipinski definition) is 3. The van der Waals surface area contributed by atoms with E-state index in [4.69, 9.17) is 4.74 Å². The number of rotatable bonds is 3. The minimum atomic E-state index is 0.0427. The molecule has 15 heavy (non-hydrogen) atoms. The Balaban J connectivity index is 1.66. The normalized spacial score (nSPS) is 31.5. The van der Waals surface area contributed by atoms with Crippen LogP contribution in [0, 0.1) is 5.92 Å². The van der Waals surface area contributed by atoms with Crippen LogP contribution in [0.5, 0.6) is 0 Å². The largest absolute Gasteiger partial charge is 0.381 e. The van der Waals surface area contributed by atoms with E-state index in [-0.39, 0.29) is 11.9 Å².